The van der Waals surface area contributed by atoms with Gasteiger partial charge in [0.25, 0.3) is 0 Å². The molecule has 2 nitrogen and oxygen atoms in total. The molecule has 0 heterocycles. The van der Waals surface area contributed by atoms with Crippen molar-refractivity contribution in [2.24, 2.45) is 0 Å². The maximum absolute atomic E-state index is 10.2. The van der Waals surface area contributed by atoms with Crippen LogP contribution in [0.4, 0.5) is 0 Å². The minimum Gasteiger partial charge on any atom is -0.192 e. The summed E-state index contributed by atoms with van der Waals surface area (Å²) in [4.78, 5) is 0. The molecule has 48 heavy (non-hydrogen) atoms. The largest absolute Gasteiger partial charge is 0.192 e. The normalized spacial score (nSPS) is 18.0. The quantitative estimate of drug-likeness (QED) is 0.170. The summed E-state index contributed by atoms with van der Waals surface area (Å²) >= 11 is 0. The van der Waals surface area contributed by atoms with Crippen LogP contribution in [0, 0.1) is 22.7 Å². The van der Waals surface area contributed by atoms with Crippen LogP contribution < -0.4 is 0 Å². The van der Waals surface area contributed by atoms with E-state index in [1.165, 1.54) is 110 Å². The van der Waals surface area contributed by atoms with E-state index in [9.17, 15) is 10.5 Å². The summed E-state index contributed by atoms with van der Waals surface area (Å²) in [6.45, 7) is 9.41. The van der Waals surface area contributed by atoms with Crippen LogP contribution in [0.3, 0.4) is 0 Å². The Kier molecular flexibility index (Phi) is 5.25. The zero-order chi connectivity index (χ0) is 32.7. The summed E-state index contributed by atoms with van der Waals surface area (Å²) in [6.07, 6.45) is 6.13. The van der Waals surface area contributed by atoms with Gasteiger partial charge in [-0.1, -0.05) is 108 Å². The van der Waals surface area contributed by atoms with Gasteiger partial charge < -0.3 is 0 Å². The standard InChI is InChI=1S/C46H36N2/c1-44(2)36-22-38-32(20-34(36)42-30-14-8-6-12-28(30)26(24-47)18-40(42)44)33-21-35-37(23-39(33)46(38)16-10-5-11-17-46)45(3,4)41-19-27(25-48)29-13-7-9-15-31(29)43(35)41/h6-9,12-15,18-23H,5,10-11,16-17H2,1-4H3. The lowest BCUT2D eigenvalue weighted by molar-refractivity contribution is 0.352. The Morgan fingerprint density at radius 2 is 0.875 bits per heavy atom. The van der Waals surface area contributed by atoms with Gasteiger partial charge >= 0.3 is 0 Å². The number of nitriles is 2. The van der Waals surface area contributed by atoms with Crippen molar-refractivity contribution in [2.75, 3.05) is 0 Å². The van der Waals surface area contributed by atoms with Crippen molar-refractivity contribution in [1.29, 1.82) is 10.5 Å². The van der Waals surface area contributed by atoms with E-state index in [1.54, 1.807) is 0 Å². The van der Waals surface area contributed by atoms with Gasteiger partial charge in [-0.25, -0.2) is 0 Å². The molecule has 0 amide bonds. The smallest absolute Gasteiger partial charge is 0.0998 e. The van der Waals surface area contributed by atoms with Gasteiger partial charge in [0.1, 0.15) is 0 Å². The Labute approximate surface area is 282 Å². The van der Waals surface area contributed by atoms with Gasteiger partial charge in [0.15, 0.2) is 0 Å². The maximum Gasteiger partial charge on any atom is 0.0998 e. The second-order valence-electron chi connectivity index (χ2n) is 15.8. The predicted molar refractivity (Wildman–Crippen MR) is 195 cm³/mol. The van der Waals surface area contributed by atoms with E-state index in [0.717, 1.165) is 21.9 Å². The first-order valence-electron chi connectivity index (χ1n) is 17.5. The van der Waals surface area contributed by atoms with Gasteiger partial charge in [0.05, 0.1) is 23.3 Å². The molecule has 1 fully saturated rings. The Balaban J connectivity index is 1.30. The fourth-order valence-electron chi connectivity index (χ4n) is 10.5. The highest BCUT2D eigenvalue weighted by Gasteiger charge is 2.49. The molecule has 0 saturated heterocycles. The van der Waals surface area contributed by atoms with Gasteiger partial charge in [-0.3, -0.25) is 0 Å². The molecule has 0 radical (unpaired) electrons. The lowest BCUT2D eigenvalue weighted by Gasteiger charge is -2.37. The molecule has 0 bridgehead atoms. The van der Waals surface area contributed by atoms with E-state index in [0.29, 0.717) is 0 Å². The molecule has 4 aliphatic rings. The molecule has 0 aromatic heterocycles. The third kappa shape index (κ3) is 3.17. The zero-order valence-corrected chi connectivity index (χ0v) is 28.0. The number of benzene rings is 6. The Bertz CT molecular complexity index is 2390. The average molecular weight is 617 g/mol. The van der Waals surface area contributed by atoms with Crippen LogP contribution in [0.5, 0.6) is 0 Å². The van der Waals surface area contributed by atoms with E-state index in [-0.39, 0.29) is 16.2 Å². The second-order valence-corrected chi connectivity index (χ2v) is 15.8. The van der Waals surface area contributed by atoms with E-state index in [4.69, 9.17) is 0 Å². The highest BCUT2D eigenvalue weighted by atomic mass is 14.5. The minimum atomic E-state index is -0.208. The van der Waals surface area contributed by atoms with E-state index < -0.39 is 0 Å². The average Bonchev–Trinajstić information content (AvgIpc) is 3.59. The SMILES string of the molecule is CC1(C)c2cc3c(cc2-c2c1cc(C#N)c1ccccc21)-c1cc2c(cc1C31CCCCC1)C(C)(C)c1cc(C#N)c3ccccc3c1-2. The highest BCUT2D eigenvalue weighted by Crippen LogP contribution is 2.63. The fraction of sp³-hybridized carbons (Fsp3) is 0.261. The van der Waals surface area contributed by atoms with Gasteiger partial charge in [0.2, 0.25) is 0 Å². The Morgan fingerprint density at radius 1 is 0.458 bits per heavy atom. The molecule has 4 aliphatic carbocycles. The van der Waals surface area contributed by atoms with Crippen LogP contribution in [-0.4, -0.2) is 0 Å². The molecule has 10 rings (SSSR count). The van der Waals surface area contributed by atoms with E-state index in [1.807, 2.05) is 12.1 Å². The Morgan fingerprint density at radius 3 is 1.29 bits per heavy atom. The number of hydrogen-bond donors (Lipinski definition) is 0. The molecule has 0 N–H and O–H groups in total. The summed E-state index contributed by atoms with van der Waals surface area (Å²) in [6, 6.07) is 36.5. The highest BCUT2D eigenvalue weighted by molar-refractivity contribution is 6.08. The van der Waals surface area contributed by atoms with Gasteiger partial charge in [0, 0.05) is 27.0 Å². The molecule has 1 spiro atoms. The van der Waals surface area contributed by atoms with Crippen molar-refractivity contribution in [3.05, 3.63) is 129 Å². The number of fused-ring (bicyclic) bond motifs is 15. The molecule has 0 unspecified atom stereocenters. The molecule has 2 heteroatoms. The van der Waals surface area contributed by atoms with Crippen molar-refractivity contribution >= 4 is 21.5 Å². The van der Waals surface area contributed by atoms with Crippen molar-refractivity contribution in [1.82, 2.24) is 0 Å². The van der Waals surface area contributed by atoms with Crippen LogP contribution >= 0.6 is 0 Å². The summed E-state index contributed by atoms with van der Waals surface area (Å²) in [7, 11) is 0. The first kappa shape index (κ1) is 27.9. The van der Waals surface area contributed by atoms with Crippen LogP contribution in [0.15, 0.2) is 84.9 Å². The van der Waals surface area contributed by atoms with Crippen LogP contribution in [0.2, 0.25) is 0 Å². The minimum absolute atomic E-state index is 0.00243. The van der Waals surface area contributed by atoms with Crippen LogP contribution in [0.25, 0.3) is 54.9 Å². The molecule has 6 aromatic rings. The lowest BCUT2D eigenvalue weighted by atomic mass is 9.66. The van der Waals surface area contributed by atoms with E-state index >= 15 is 0 Å². The molecule has 1 saturated carbocycles. The van der Waals surface area contributed by atoms with Crippen molar-refractivity contribution in [3.8, 4) is 45.5 Å². The molecular formula is C46H36N2. The zero-order valence-electron chi connectivity index (χ0n) is 28.0. The van der Waals surface area contributed by atoms with E-state index in [2.05, 4.69) is 113 Å². The number of hydrogen-bond acceptors (Lipinski definition) is 2. The van der Waals surface area contributed by atoms with Crippen LogP contribution in [-0.2, 0) is 16.2 Å². The first-order valence-corrected chi connectivity index (χ1v) is 17.5. The predicted octanol–water partition coefficient (Wildman–Crippen LogP) is 11.6. The second kappa shape index (κ2) is 9.04. The van der Waals surface area contributed by atoms with Crippen LogP contribution in [0.1, 0.15) is 104 Å². The molecule has 6 aromatic carbocycles. The van der Waals surface area contributed by atoms with Crippen molar-refractivity contribution in [2.45, 2.75) is 76.0 Å². The van der Waals surface area contributed by atoms with Crippen molar-refractivity contribution in [3.63, 3.8) is 0 Å². The fourth-order valence-corrected chi connectivity index (χ4v) is 10.5. The summed E-state index contributed by atoms with van der Waals surface area (Å²) in [5.41, 5.74) is 17.4. The molecule has 0 atom stereocenters. The molecule has 0 aliphatic heterocycles. The monoisotopic (exact) mass is 616 g/mol. The first-order chi connectivity index (χ1) is 23.2. The topological polar surface area (TPSA) is 47.6 Å². The third-order valence-corrected chi connectivity index (χ3v) is 12.9. The number of nitrogens with zero attached hydrogens (tertiary/aromatic N) is 2. The summed E-state index contributed by atoms with van der Waals surface area (Å²) in [5, 5.41) is 24.8. The molecule has 230 valence electrons. The lowest BCUT2D eigenvalue weighted by Crippen LogP contribution is -2.29. The maximum atomic E-state index is 10.2. The van der Waals surface area contributed by atoms with Gasteiger partial charge in [-0.2, -0.15) is 10.5 Å². The van der Waals surface area contributed by atoms with Gasteiger partial charge in [-0.15, -0.1) is 0 Å². The molecular weight excluding hydrogens is 581 g/mol. The number of rotatable bonds is 0. The third-order valence-electron chi connectivity index (χ3n) is 12.9. The summed E-state index contributed by atoms with van der Waals surface area (Å²) < 4.78 is 0. The van der Waals surface area contributed by atoms with Gasteiger partial charge in [-0.05, 0) is 115 Å². The Hall–Kier alpha value is -5.18. The summed E-state index contributed by atoms with van der Waals surface area (Å²) in [5.74, 6) is 0. The van der Waals surface area contributed by atoms with Crippen molar-refractivity contribution < 1.29 is 0 Å².